The lowest BCUT2D eigenvalue weighted by Gasteiger charge is -2.09. The van der Waals surface area contributed by atoms with Crippen molar-refractivity contribution in [1.29, 1.82) is 0 Å². The number of hydrogen-bond donors (Lipinski definition) is 2. The third-order valence-corrected chi connectivity index (χ3v) is 3.51. The maximum atomic E-state index is 9.35. The molecule has 0 spiro atoms. The molecule has 2 N–H and O–H groups in total. The highest BCUT2D eigenvalue weighted by atomic mass is 32.1. The molecule has 2 rings (SSSR count). The first-order valence-electron chi connectivity index (χ1n) is 5.10. The fraction of sp³-hybridized carbons (Fsp3) is 0.700. The van der Waals surface area contributed by atoms with E-state index >= 15 is 0 Å². The van der Waals surface area contributed by atoms with Gasteiger partial charge in [-0.15, -0.1) is 11.3 Å². The van der Waals surface area contributed by atoms with Crippen molar-refractivity contribution in [1.82, 2.24) is 10.3 Å². The molecule has 1 aliphatic rings. The zero-order valence-corrected chi connectivity index (χ0v) is 8.96. The van der Waals surface area contributed by atoms with Gasteiger partial charge < -0.3 is 10.4 Å². The second-order valence-corrected chi connectivity index (χ2v) is 4.90. The molecule has 0 amide bonds. The molecule has 78 valence electrons. The van der Waals surface area contributed by atoms with Crippen LogP contribution in [0.4, 0.5) is 0 Å². The Morgan fingerprint density at radius 2 is 2.50 bits per heavy atom. The SMILES string of the molecule is OC1CCC(CNCc2cncs2)C1. The monoisotopic (exact) mass is 212 g/mol. The van der Waals surface area contributed by atoms with E-state index in [1.54, 1.807) is 11.3 Å². The number of rotatable bonds is 4. The van der Waals surface area contributed by atoms with E-state index in [0.29, 0.717) is 5.92 Å². The minimum Gasteiger partial charge on any atom is -0.393 e. The minimum absolute atomic E-state index is 0.0507. The summed E-state index contributed by atoms with van der Waals surface area (Å²) in [6.45, 7) is 1.94. The van der Waals surface area contributed by atoms with E-state index in [9.17, 15) is 5.11 Å². The maximum absolute atomic E-state index is 9.35. The van der Waals surface area contributed by atoms with Crippen LogP contribution >= 0.6 is 11.3 Å². The van der Waals surface area contributed by atoms with E-state index in [4.69, 9.17) is 0 Å². The number of thiazole rings is 1. The highest BCUT2D eigenvalue weighted by Crippen LogP contribution is 2.24. The van der Waals surface area contributed by atoms with E-state index in [2.05, 4.69) is 10.3 Å². The molecular formula is C10H16N2OS. The van der Waals surface area contributed by atoms with Gasteiger partial charge >= 0.3 is 0 Å². The smallest absolute Gasteiger partial charge is 0.0794 e. The van der Waals surface area contributed by atoms with Crippen molar-refractivity contribution < 1.29 is 5.11 Å². The third-order valence-electron chi connectivity index (χ3n) is 2.73. The molecule has 2 atom stereocenters. The Balaban J connectivity index is 1.64. The number of aliphatic hydroxyl groups excluding tert-OH is 1. The first-order chi connectivity index (χ1) is 6.84. The van der Waals surface area contributed by atoms with Gasteiger partial charge in [0.25, 0.3) is 0 Å². The molecule has 1 aliphatic carbocycles. The molecule has 3 nitrogen and oxygen atoms in total. The van der Waals surface area contributed by atoms with Crippen LogP contribution in [0.2, 0.25) is 0 Å². The summed E-state index contributed by atoms with van der Waals surface area (Å²) in [4.78, 5) is 5.30. The van der Waals surface area contributed by atoms with Crippen molar-refractivity contribution in [3.8, 4) is 0 Å². The zero-order valence-electron chi connectivity index (χ0n) is 8.15. The highest BCUT2D eigenvalue weighted by Gasteiger charge is 2.21. The van der Waals surface area contributed by atoms with Crippen LogP contribution in [0.1, 0.15) is 24.1 Å². The van der Waals surface area contributed by atoms with Gasteiger partial charge in [-0.2, -0.15) is 0 Å². The molecule has 0 radical (unpaired) electrons. The molecule has 1 aromatic heterocycles. The lowest BCUT2D eigenvalue weighted by atomic mass is 10.1. The maximum Gasteiger partial charge on any atom is 0.0794 e. The molecule has 1 fully saturated rings. The van der Waals surface area contributed by atoms with Gasteiger partial charge in [0.2, 0.25) is 0 Å². The molecule has 1 aromatic rings. The Morgan fingerprint density at radius 1 is 1.57 bits per heavy atom. The van der Waals surface area contributed by atoms with Crippen LogP contribution in [0.25, 0.3) is 0 Å². The molecule has 1 heterocycles. The van der Waals surface area contributed by atoms with Gasteiger partial charge in [-0.25, -0.2) is 0 Å². The van der Waals surface area contributed by atoms with Crippen molar-refractivity contribution in [2.75, 3.05) is 6.54 Å². The van der Waals surface area contributed by atoms with E-state index in [0.717, 1.165) is 32.4 Å². The molecule has 0 saturated heterocycles. The average molecular weight is 212 g/mol. The van der Waals surface area contributed by atoms with E-state index < -0.39 is 0 Å². The third kappa shape index (κ3) is 2.77. The van der Waals surface area contributed by atoms with Crippen molar-refractivity contribution >= 4 is 11.3 Å². The van der Waals surface area contributed by atoms with Crippen LogP contribution in [0.15, 0.2) is 11.7 Å². The summed E-state index contributed by atoms with van der Waals surface area (Å²) in [6, 6.07) is 0. The Labute approximate surface area is 88.2 Å². The Morgan fingerprint density at radius 3 is 3.14 bits per heavy atom. The average Bonchev–Trinajstić information content (AvgIpc) is 2.77. The summed E-state index contributed by atoms with van der Waals surface area (Å²) < 4.78 is 0. The normalized spacial score (nSPS) is 26.9. The van der Waals surface area contributed by atoms with Gasteiger partial charge in [0.05, 0.1) is 11.6 Å². The molecular weight excluding hydrogens is 196 g/mol. The van der Waals surface area contributed by atoms with Crippen LogP contribution in [0.3, 0.4) is 0 Å². The van der Waals surface area contributed by atoms with Crippen LogP contribution in [-0.2, 0) is 6.54 Å². The molecule has 1 saturated carbocycles. The number of aromatic nitrogens is 1. The lowest BCUT2D eigenvalue weighted by Crippen LogP contribution is -2.20. The highest BCUT2D eigenvalue weighted by molar-refractivity contribution is 7.09. The molecule has 2 unspecified atom stereocenters. The van der Waals surface area contributed by atoms with Crippen LogP contribution < -0.4 is 5.32 Å². The van der Waals surface area contributed by atoms with E-state index in [1.165, 1.54) is 4.88 Å². The summed E-state index contributed by atoms with van der Waals surface area (Å²) in [5.74, 6) is 0.665. The van der Waals surface area contributed by atoms with Gasteiger partial charge in [-0.1, -0.05) is 0 Å². The number of nitrogens with zero attached hydrogens (tertiary/aromatic N) is 1. The standard InChI is InChI=1S/C10H16N2OS/c13-9-2-1-8(3-9)4-11-5-10-6-12-7-14-10/h6-9,11,13H,1-5H2. The van der Waals surface area contributed by atoms with Gasteiger partial charge in [-0.05, 0) is 31.7 Å². The van der Waals surface area contributed by atoms with Crippen molar-refractivity contribution in [3.63, 3.8) is 0 Å². The lowest BCUT2D eigenvalue weighted by molar-refractivity contribution is 0.177. The van der Waals surface area contributed by atoms with Crippen molar-refractivity contribution in [2.45, 2.75) is 31.9 Å². The van der Waals surface area contributed by atoms with Gasteiger partial charge in [0.15, 0.2) is 0 Å². The summed E-state index contributed by atoms with van der Waals surface area (Å²) >= 11 is 1.68. The van der Waals surface area contributed by atoms with Gasteiger partial charge in [0.1, 0.15) is 0 Å². The first-order valence-corrected chi connectivity index (χ1v) is 5.98. The van der Waals surface area contributed by atoms with Crippen LogP contribution in [0.5, 0.6) is 0 Å². The van der Waals surface area contributed by atoms with Crippen LogP contribution in [0, 0.1) is 5.92 Å². The largest absolute Gasteiger partial charge is 0.393 e. The second-order valence-electron chi connectivity index (χ2n) is 3.93. The molecule has 0 aromatic carbocycles. The Kier molecular flexibility index (Phi) is 3.50. The summed E-state index contributed by atoms with van der Waals surface area (Å²) in [5.41, 5.74) is 1.86. The predicted octanol–water partition coefficient (Wildman–Crippen LogP) is 1.39. The van der Waals surface area contributed by atoms with E-state index in [1.807, 2.05) is 11.7 Å². The minimum atomic E-state index is -0.0507. The number of aliphatic hydroxyl groups is 1. The Bertz CT molecular complexity index is 263. The zero-order chi connectivity index (χ0) is 9.80. The number of nitrogens with one attached hydrogen (secondary N) is 1. The molecule has 0 aliphatic heterocycles. The Hall–Kier alpha value is -0.450. The summed E-state index contributed by atoms with van der Waals surface area (Å²) in [6.07, 6.45) is 4.96. The van der Waals surface area contributed by atoms with Crippen molar-refractivity contribution in [3.05, 3.63) is 16.6 Å². The van der Waals surface area contributed by atoms with E-state index in [-0.39, 0.29) is 6.10 Å². The first kappa shape index (κ1) is 10.1. The van der Waals surface area contributed by atoms with Crippen LogP contribution in [-0.4, -0.2) is 22.7 Å². The van der Waals surface area contributed by atoms with Crippen molar-refractivity contribution in [2.24, 2.45) is 5.92 Å². The number of hydrogen-bond acceptors (Lipinski definition) is 4. The fourth-order valence-electron chi connectivity index (χ4n) is 1.96. The van der Waals surface area contributed by atoms with Gasteiger partial charge in [-0.3, -0.25) is 4.98 Å². The summed E-state index contributed by atoms with van der Waals surface area (Å²) in [5, 5.41) is 12.8. The molecule has 14 heavy (non-hydrogen) atoms. The summed E-state index contributed by atoms with van der Waals surface area (Å²) in [7, 11) is 0. The molecule has 4 heteroatoms. The fourth-order valence-corrected chi connectivity index (χ4v) is 2.53. The van der Waals surface area contributed by atoms with Gasteiger partial charge in [0, 0.05) is 17.6 Å². The second kappa shape index (κ2) is 4.87. The topological polar surface area (TPSA) is 45.1 Å². The predicted molar refractivity (Wildman–Crippen MR) is 57.2 cm³/mol. The quantitative estimate of drug-likeness (QED) is 0.793. The molecule has 0 bridgehead atoms.